The summed E-state index contributed by atoms with van der Waals surface area (Å²) >= 11 is 3.42. The zero-order chi connectivity index (χ0) is 12.8. The van der Waals surface area contributed by atoms with Crippen LogP contribution in [0.4, 0.5) is 0 Å². The highest BCUT2D eigenvalue weighted by molar-refractivity contribution is 9.10. The molecule has 3 nitrogen and oxygen atoms in total. The monoisotopic (exact) mass is 314 g/mol. The van der Waals surface area contributed by atoms with Crippen molar-refractivity contribution in [3.05, 3.63) is 28.7 Å². The van der Waals surface area contributed by atoms with Gasteiger partial charge in [0.15, 0.2) is 0 Å². The molecule has 1 atom stereocenters. The van der Waals surface area contributed by atoms with Crippen LogP contribution in [0.2, 0.25) is 0 Å². The van der Waals surface area contributed by atoms with E-state index < -0.39 is 0 Å². The topological polar surface area (TPSA) is 38.7 Å². The van der Waals surface area contributed by atoms with Crippen molar-refractivity contribution in [3.63, 3.8) is 0 Å². The van der Waals surface area contributed by atoms with E-state index in [-0.39, 0.29) is 12.5 Å². The molecule has 0 aromatic heterocycles. The first-order valence-corrected chi connectivity index (χ1v) is 7.16. The second-order valence-electron chi connectivity index (χ2n) is 4.66. The highest BCUT2D eigenvalue weighted by Gasteiger charge is 2.24. The third-order valence-corrected chi connectivity index (χ3v) is 3.92. The van der Waals surface area contributed by atoms with E-state index in [9.17, 15) is 5.11 Å². The minimum Gasteiger partial charge on any atom is -0.493 e. The van der Waals surface area contributed by atoms with Gasteiger partial charge in [0.1, 0.15) is 5.75 Å². The van der Waals surface area contributed by atoms with Crippen molar-refractivity contribution in [2.75, 3.05) is 26.4 Å². The van der Waals surface area contributed by atoms with E-state index in [0.717, 1.165) is 36.3 Å². The van der Waals surface area contributed by atoms with Crippen molar-refractivity contribution >= 4 is 15.9 Å². The predicted molar refractivity (Wildman–Crippen MR) is 73.8 cm³/mol. The molecule has 1 unspecified atom stereocenters. The van der Waals surface area contributed by atoms with Crippen molar-refractivity contribution in [1.29, 1.82) is 0 Å². The van der Waals surface area contributed by atoms with Crippen LogP contribution in [0.15, 0.2) is 28.7 Å². The van der Waals surface area contributed by atoms with E-state index in [1.165, 1.54) is 0 Å². The lowest BCUT2D eigenvalue weighted by Gasteiger charge is -2.28. The molecule has 0 bridgehead atoms. The molecule has 0 saturated carbocycles. The molecule has 100 valence electrons. The van der Waals surface area contributed by atoms with Crippen molar-refractivity contribution < 1.29 is 14.6 Å². The summed E-state index contributed by atoms with van der Waals surface area (Å²) in [7, 11) is 0. The van der Waals surface area contributed by atoms with Gasteiger partial charge < -0.3 is 14.6 Å². The first-order valence-electron chi connectivity index (χ1n) is 6.36. The Hall–Kier alpha value is -0.580. The number of rotatable bonds is 5. The molecular weight excluding hydrogens is 296 g/mol. The molecule has 1 N–H and O–H groups in total. The van der Waals surface area contributed by atoms with Gasteiger partial charge in [-0.3, -0.25) is 0 Å². The summed E-state index contributed by atoms with van der Waals surface area (Å²) in [4.78, 5) is 0. The van der Waals surface area contributed by atoms with Crippen molar-refractivity contribution in [1.82, 2.24) is 0 Å². The number of aliphatic hydroxyl groups is 1. The molecule has 0 spiro atoms. The van der Waals surface area contributed by atoms with E-state index in [0.29, 0.717) is 12.5 Å². The summed E-state index contributed by atoms with van der Waals surface area (Å²) in [5.41, 5.74) is 0. The second kappa shape index (κ2) is 7.12. The van der Waals surface area contributed by atoms with Crippen molar-refractivity contribution in [2.24, 2.45) is 11.8 Å². The zero-order valence-electron chi connectivity index (χ0n) is 10.3. The molecule has 1 aliphatic heterocycles. The van der Waals surface area contributed by atoms with Gasteiger partial charge in [-0.2, -0.15) is 0 Å². The summed E-state index contributed by atoms with van der Waals surface area (Å²) in [6, 6.07) is 7.79. The molecule has 1 heterocycles. The molecule has 1 aliphatic rings. The lowest BCUT2D eigenvalue weighted by molar-refractivity contribution is 0.0199. The van der Waals surface area contributed by atoms with Gasteiger partial charge in [-0.25, -0.2) is 0 Å². The van der Waals surface area contributed by atoms with Crippen molar-refractivity contribution in [2.45, 2.75) is 12.8 Å². The first-order chi connectivity index (χ1) is 8.79. The van der Waals surface area contributed by atoms with Crippen molar-refractivity contribution in [3.8, 4) is 5.75 Å². The Labute approximate surface area is 116 Å². The number of aliphatic hydroxyl groups excluding tert-OH is 1. The van der Waals surface area contributed by atoms with E-state index in [4.69, 9.17) is 9.47 Å². The summed E-state index contributed by atoms with van der Waals surface area (Å²) in [5.74, 6) is 1.55. The average Bonchev–Trinajstić information content (AvgIpc) is 2.41. The van der Waals surface area contributed by atoms with Gasteiger partial charge in [-0.15, -0.1) is 0 Å². The number of benzene rings is 1. The highest BCUT2D eigenvalue weighted by Crippen LogP contribution is 2.25. The molecular formula is C14H19BrO3. The molecule has 1 aromatic rings. The molecule has 0 amide bonds. The van der Waals surface area contributed by atoms with Crippen LogP contribution < -0.4 is 4.74 Å². The summed E-state index contributed by atoms with van der Waals surface area (Å²) in [6.07, 6.45) is 2.04. The normalized spacial score (nSPS) is 18.6. The minimum absolute atomic E-state index is 0.179. The zero-order valence-corrected chi connectivity index (χ0v) is 11.9. The van der Waals surface area contributed by atoms with E-state index in [2.05, 4.69) is 15.9 Å². The molecule has 4 heteroatoms. The minimum atomic E-state index is 0.179. The smallest absolute Gasteiger partial charge is 0.120 e. The fourth-order valence-electron chi connectivity index (χ4n) is 2.29. The molecule has 0 aliphatic carbocycles. The van der Waals surface area contributed by atoms with Crippen LogP contribution in [0.1, 0.15) is 12.8 Å². The standard InChI is InChI=1S/C14H19BrO3/c15-13-2-1-3-14(8-13)18-10-12(9-16)11-4-6-17-7-5-11/h1-3,8,11-12,16H,4-7,9-10H2. The quantitative estimate of drug-likeness (QED) is 0.908. The molecule has 1 fully saturated rings. The maximum atomic E-state index is 9.48. The van der Waals surface area contributed by atoms with Crippen LogP contribution in [0.3, 0.4) is 0 Å². The number of hydrogen-bond acceptors (Lipinski definition) is 3. The third-order valence-electron chi connectivity index (χ3n) is 3.43. The van der Waals surface area contributed by atoms with Gasteiger partial charge >= 0.3 is 0 Å². The summed E-state index contributed by atoms with van der Waals surface area (Å²) < 4.78 is 12.1. The second-order valence-corrected chi connectivity index (χ2v) is 5.58. The van der Waals surface area contributed by atoms with E-state index in [1.54, 1.807) is 0 Å². The van der Waals surface area contributed by atoms with Crippen LogP contribution in [0.25, 0.3) is 0 Å². The van der Waals surface area contributed by atoms with Crippen LogP contribution in [0, 0.1) is 11.8 Å². The SMILES string of the molecule is OCC(COc1cccc(Br)c1)C1CCOCC1. The van der Waals surface area contributed by atoms with Crippen LogP contribution >= 0.6 is 15.9 Å². The first kappa shape index (κ1) is 13.8. The maximum absolute atomic E-state index is 9.48. The Morgan fingerprint density at radius 3 is 2.83 bits per heavy atom. The average molecular weight is 315 g/mol. The van der Waals surface area contributed by atoms with Crippen LogP contribution in [-0.2, 0) is 4.74 Å². The van der Waals surface area contributed by atoms with Gasteiger partial charge in [-0.1, -0.05) is 22.0 Å². The summed E-state index contributed by atoms with van der Waals surface area (Å²) in [6.45, 7) is 2.35. The fourth-order valence-corrected chi connectivity index (χ4v) is 2.66. The fraction of sp³-hybridized carbons (Fsp3) is 0.571. The van der Waals surface area contributed by atoms with Gasteiger partial charge in [0.05, 0.1) is 6.61 Å². The number of halogens is 1. The van der Waals surface area contributed by atoms with E-state index in [1.807, 2.05) is 24.3 Å². The molecule has 18 heavy (non-hydrogen) atoms. The third kappa shape index (κ3) is 3.97. The Morgan fingerprint density at radius 1 is 1.39 bits per heavy atom. The number of ether oxygens (including phenoxy) is 2. The van der Waals surface area contributed by atoms with Gasteiger partial charge in [0, 0.05) is 30.2 Å². The summed E-state index contributed by atoms with van der Waals surface area (Å²) in [5, 5.41) is 9.48. The van der Waals surface area contributed by atoms with Gasteiger partial charge in [0.2, 0.25) is 0 Å². The molecule has 1 aromatic carbocycles. The Kier molecular flexibility index (Phi) is 5.47. The van der Waals surface area contributed by atoms with Crippen LogP contribution in [0.5, 0.6) is 5.75 Å². The highest BCUT2D eigenvalue weighted by atomic mass is 79.9. The Balaban J connectivity index is 1.86. The lowest BCUT2D eigenvalue weighted by atomic mass is 9.87. The van der Waals surface area contributed by atoms with Crippen LogP contribution in [-0.4, -0.2) is 31.5 Å². The molecule has 2 rings (SSSR count). The molecule has 0 radical (unpaired) electrons. The van der Waals surface area contributed by atoms with Gasteiger partial charge in [0.25, 0.3) is 0 Å². The predicted octanol–water partition coefficient (Wildman–Crippen LogP) is 2.86. The lowest BCUT2D eigenvalue weighted by Crippen LogP contribution is -2.30. The number of hydrogen-bond donors (Lipinski definition) is 1. The molecule has 1 saturated heterocycles. The Morgan fingerprint density at radius 2 is 2.17 bits per heavy atom. The Bertz CT molecular complexity index is 364. The van der Waals surface area contributed by atoms with E-state index >= 15 is 0 Å². The van der Waals surface area contributed by atoms with Gasteiger partial charge in [-0.05, 0) is 37.0 Å². The maximum Gasteiger partial charge on any atom is 0.120 e. The largest absolute Gasteiger partial charge is 0.493 e.